The molecule has 5 nitrogen and oxygen atoms in total. The van der Waals surface area contributed by atoms with Crippen molar-refractivity contribution in [1.82, 2.24) is 15.3 Å². The van der Waals surface area contributed by atoms with Crippen molar-refractivity contribution >= 4 is 16.9 Å². The van der Waals surface area contributed by atoms with Gasteiger partial charge in [0, 0.05) is 13.0 Å². The minimum atomic E-state index is -1.64. The van der Waals surface area contributed by atoms with Crippen LogP contribution in [-0.2, 0) is 11.2 Å². The van der Waals surface area contributed by atoms with Gasteiger partial charge in [-0.25, -0.2) is 13.8 Å². The van der Waals surface area contributed by atoms with Crippen molar-refractivity contribution in [2.24, 2.45) is 0 Å². The molecule has 0 aliphatic rings. The molecule has 0 saturated heterocycles. The van der Waals surface area contributed by atoms with Crippen molar-refractivity contribution in [3.8, 4) is 5.75 Å². The van der Waals surface area contributed by atoms with E-state index < -0.39 is 35.7 Å². The van der Waals surface area contributed by atoms with E-state index in [4.69, 9.17) is 4.74 Å². The largest absolute Gasteiger partial charge is 0.481 e. The summed E-state index contributed by atoms with van der Waals surface area (Å²) < 4.78 is 44.1. The third-order valence-electron chi connectivity index (χ3n) is 3.48. The van der Waals surface area contributed by atoms with Gasteiger partial charge in [0.2, 0.25) is 5.82 Å². The van der Waals surface area contributed by atoms with Crippen LogP contribution in [0.4, 0.5) is 13.2 Å². The molecule has 0 bridgehead atoms. The van der Waals surface area contributed by atoms with Crippen molar-refractivity contribution in [3.05, 3.63) is 59.7 Å². The lowest BCUT2D eigenvalue weighted by molar-refractivity contribution is -0.123. The van der Waals surface area contributed by atoms with Gasteiger partial charge in [0.1, 0.15) is 5.82 Å². The Bertz CT molecular complexity index is 878. The molecule has 2 N–H and O–H groups in total. The van der Waals surface area contributed by atoms with Gasteiger partial charge in [-0.05, 0) is 24.3 Å². The number of fused-ring (bicyclic) bond motifs is 1. The highest BCUT2D eigenvalue weighted by molar-refractivity contribution is 5.77. The van der Waals surface area contributed by atoms with Gasteiger partial charge in [-0.1, -0.05) is 12.1 Å². The Morgan fingerprint density at radius 3 is 2.72 bits per heavy atom. The molecule has 0 unspecified atom stereocenters. The molecule has 0 spiro atoms. The molecule has 0 fully saturated rings. The monoisotopic (exact) mass is 349 g/mol. The maximum atomic E-state index is 13.4. The molecule has 0 atom stereocenters. The quantitative estimate of drug-likeness (QED) is 0.673. The molecule has 0 radical (unpaired) electrons. The summed E-state index contributed by atoms with van der Waals surface area (Å²) >= 11 is 0. The number of amides is 1. The van der Waals surface area contributed by atoms with Crippen LogP contribution in [0.1, 0.15) is 5.82 Å². The molecule has 0 aliphatic carbocycles. The summed E-state index contributed by atoms with van der Waals surface area (Å²) in [5.41, 5.74) is 1.74. The fourth-order valence-electron chi connectivity index (χ4n) is 2.26. The Labute approximate surface area is 140 Å². The zero-order chi connectivity index (χ0) is 17.8. The van der Waals surface area contributed by atoms with Gasteiger partial charge < -0.3 is 15.0 Å². The molecular weight excluding hydrogens is 335 g/mol. The van der Waals surface area contributed by atoms with Gasteiger partial charge in [-0.3, -0.25) is 4.79 Å². The van der Waals surface area contributed by atoms with Crippen LogP contribution in [-0.4, -0.2) is 29.0 Å². The average Bonchev–Trinajstić information content (AvgIpc) is 3.02. The van der Waals surface area contributed by atoms with Crippen molar-refractivity contribution in [2.45, 2.75) is 6.42 Å². The highest BCUT2D eigenvalue weighted by Crippen LogP contribution is 2.21. The van der Waals surface area contributed by atoms with Crippen molar-refractivity contribution < 1.29 is 22.7 Å². The number of hydrogen-bond acceptors (Lipinski definition) is 3. The zero-order valence-corrected chi connectivity index (χ0v) is 13.0. The molecule has 1 aromatic heterocycles. The topological polar surface area (TPSA) is 67.0 Å². The number of para-hydroxylation sites is 2. The first-order chi connectivity index (χ1) is 12.0. The van der Waals surface area contributed by atoms with E-state index in [-0.39, 0.29) is 0 Å². The van der Waals surface area contributed by atoms with Gasteiger partial charge >= 0.3 is 0 Å². The molecule has 1 amide bonds. The molecule has 2 aromatic carbocycles. The van der Waals surface area contributed by atoms with Crippen molar-refractivity contribution in [2.75, 3.05) is 13.2 Å². The number of ether oxygens (including phenoxy) is 1. The lowest BCUT2D eigenvalue weighted by atomic mass is 10.3. The Morgan fingerprint density at radius 2 is 1.92 bits per heavy atom. The van der Waals surface area contributed by atoms with Gasteiger partial charge in [0.05, 0.1) is 11.0 Å². The molecule has 3 aromatic rings. The van der Waals surface area contributed by atoms with Gasteiger partial charge in [-0.15, -0.1) is 0 Å². The van der Waals surface area contributed by atoms with Crippen LogP contribution < -0.4 is 10.1 Å². The fourth-order valence-corrected chi connectivity index (χ4v) is 2.26. The number of H-pyrrole nitrogens is 1. The van der Waals surface area contributed by atoms with E-state index in [0.717, 1.165) is 23.2 Å². The standard InChI is InChI=1S/C17H14F3N3O2/c18-10-5-6-13(17(20)16(10)19)25-9-15(24)21-8-7-14-22-11-3-1-2-4-12(11)23-14/h1-6H,7-9H2,(H,21,24)(H,22,23). The maximum absolute atomic E-state index is 13.4. The molecule has 25 heavy (non-hydrogen) atoms. The predicted octanol–water partition coefficient (Wildman–Crippen LogP) is 2.72. The number of benzene rings is 2. The average molecular weight is 349 g/mol. The predicted molar refractivity (Wildman–Crippen MR) is 84.6 cm³/mol. The Morgan fingerprint density at radius 1 is 1.12 bits per heavy atom. The van der Waals surface area contributed by atoms with Crippen LogP contribution >= 0.6 is 0 Å². The van der Waals surface area contributed by atoms with Crippen LogP contribution in [0.15, 0.2) is 36.4 Å². The molecular formula is C17H14F3N3O2. The summed E-state index contributed by atoms with van der Waals surface area (Å²) in [7, 11) is 0. The zero-order valence-electron chi connectivity index (χ0n) is 13.0. The van der Waals surface area contributed by atoms with E-state index in [1.54, 1.807) is 0 Å². The number of imidazole rings is 1. The fraction of sp³-hybridized carbons (Fsp3) is 0.176. The number of rotatable bonds is 6. The molecule has 0 saturated carbocycles. The van der Waals surface area contributed by atoms with Crippen LogP contribution in [0.2, 0.25) is 0 Å². The first kappa shape index (κ1) is 16.8. The van der Waals surface area contributed by atoms with Crippen LogP contribution in [0, 0.1) is 17.5 Å². The number of carbonyl (C=O) groups is 1. The Kier molecular flexibility index (Phi) is 4.87. The second-order valence-corrected chi connectivity index (χ2v) is 5.26. The number of aromatic amines is 1. The van der Waals surface area contributed by atoms with E-state index in [0.29, 0.717) is 18.8 Å². The smallest absolute Gasteiger partial charge is 0.257 e. The minimum Gasteiger partial charge on any atom is -0.481 e. The number of halogens is 3. The van der Waals surface area contributed by atoms with Gasteiger partial charge in [0.25, 0.3) is 5.91 Å². The Hall–Kier alpha value is -3.03. The summed E-state index contributed by atoms with van der Waals surface area (Å²) in [4.78, 5) is 19.2. The molecule has 3 rings (SSSR count). The van der Waals surface area contributed by atoms with Gasteiger partial charge in [-0.2, -0.15) is 4.39 Å². The third kappa shape index (κ3) is 3.90. The maximum Gasteiger partial charge on any atom is 0.257 e. The normalized spacial score (nSPS) is 10.8. The summed E-state index contributed by atoms with van der Waals surface area (Å²) in [5, 5.41) is 2.58. The SMILES string of the molecule is O=C(COc1ccc(F)c(F)c1F)NCCc1nc2ccccc2[nH]1. The Balaban J connectivity index is 1.47. The first-order valence-electron chi connectivity index (χ1n) is 7.51. The second kappa shape index (κ2) is 7.25. The highest BCUT2D eigenvalue weighted by atomic mass is 19.2. The molecule has 0 aliphatic heterocycles. The van der Waals surface area contributed by atoms with E-state index in [1.807, 2.05) is 24.3 Å². The highest BCUT2D eigenvalue weighted by Gasteiger charge is 2.15. The number of nitrogens with zero attached hydrogens (tertiary/aromatic N) is 1. The number of hydrogen-bond donors (Lipinski definition) is 2. The second-order valence-electron chi connectivity index (χ2n) is 5.26. The van der Waals surface area contributed by atoms with E-state index in [9.17, 15) is 18.0 Å². The van der Waals surface area contributed by atoms with Crippen molar-refractivity contribution in [1.29, 1.82) is 0 Å². The molecule has 1 heterocycles. The van der Waals surface area contributed by atoms with Crippen LogP contribution in [0.3, 0.4) is 0 Å². The van der Waals surface area contributed by atoms with E-state index in [1.165, 1.54) is 0 Å². The summed E-state index contributed by atoms with van der Waals surface area (Å²) in [5.74, 6) is -4.74. The number of aromatic nitrogens is 2. The van der Waals surface area contributed by atoms with Crippen LogP contribution in [0.25, 0.3) is 11.0 Å². The molecule has 130 valence electrons. The summed E-state index contributed by atoms with van der Waals surface area (Å²) in [6.07, 6.45) is 0.472. The number of carbonyl (C=O) groups excluding carboxylic acids is 1. The summed E-state index contributed by atoms with van der Waals surface area (Å²) in [6.45, 7) is -0.218. The lowest BCUT2D eigenvalue weighted by Crippen LogP contribution is -2.30. The minimum absolute atomic E-state index is 0.294. The van der Waals surface area contributed by atoms with Crippen molar-refractivity contribution in [3.63, 3.8) is 0 Å². The number of nitrogens with one attached hydrogen (secondary N) is 2. The lowest BCUT2D eigenvalue weighted by Gasteiger charge is -2.08. The van der Waals surface area contributed by atoms with Crippen LogP contribution in [0.5, 0.6) is 5.75 Å². The first-order valence-corrected chi connectivity index (χ1v) is 7.51. The summed E-state index contributed by atoms with van der Waals surface area (Å²) in [6, 6.07) is 9.19. The molecule has 8 heteroatoms. The third-order valence-corrected chi connectivity index (χ3v) is 3.48. The van der Waals surface area contributed by atoms with E-state index >= 15 is 0 Å². The van der Waals surface area contributed by atoms with Gasteiger partial charge in [0.15, 0.2) is 24.0 Å². The van der Waals surface area contributed by atoms with E-state index in [2.05, 4.69) is 15.3 Å².